The largest absolute Gasteiger partial charge is 0.244 e. The van der Waals surface area contributed by atoms with Gasteiger partial charge in [0.05, 0.1) is 0 Å². The average Bonchev–Trinajstić information content (AvgIpc) is 2.49. The van der Waals surface area contributed by atoms with Crippen LogP contribution in [0.5, 0.6) is 0 Å². The number of nitrogens with zero attached hydrogens (tertiary/aromatic N) is 1. The van der Waals surface area contributed by atoms with Crippen molar-refractivity contribution in [3.63, 3.8) is 0 Å². The Morgan fingerprint density at radius 2 is 1.74 bits per heavy atom. The van der Waals surface area contributed by atoms with Crippen LogP contribution in [-0.2, 0) is 0 Å². The van der Waals surface area contributed by atoms with Gasteiger partial charge >= 0.3 is 0 Å². The second kappa shape index (κ2) is 5.75. The molecule has 1 aliphatic carbocycles. The van der Waals surface area contributed by atoms with Crippen LogP contribution in [0.3, 0.4) is 0 Å². The standard InChI is InChI=1S/C17H18ClN/c18-17-11-15(13-7-3-1-4-8-13)16(12-19-17)14-9-5-2-6-10-14/h1,3-4,7-8,11-12,14H,2,5-6,9-10H2. The lowest BCUT2D eigenvalue weighted by atomic mass is 9.82. The van der Waals surface area contributed by atoms with Crippen molar-refractivity contribution in [2.24, 2.45) is 0 Å². The summed E-state index contributed by atoms with van der Waals surface area (Å²) in [6, 6.07) is 12.5. The molecule has 0 radical (unpaired) electrons. The van der Waals surface area contributed by atoms with Crippen molar-refractivity contribution in [3.8, 4) is 11.1 Å². The number of halogens is 1. The average molecular weight is 272 g/mol. The maximum absolute atomic E-state index is 6.09. The Bertz CT molecular complexity index is 544. The Labute approximate surface area is 119 Å². The normalized spacial score (nSPS) is 16.5. The highest BCUT2D eigenvalue weighted by molar-refractivity contribution is 6.29. The highest BCUT2D eigenvalue weighted by Gasteiger charge is 2.19. The van der Waals surface area contributed by atoms with E-state index < -0.39 is 0 Å². The van der Waals surface area contributed by atoms with Gasteiger partial charge in [0.1, 0.15) is 5.15 Å². The number of hydrogen-bond donors (Lipinski definition) is 0. The van der Waals surface area contributed by atoms with Gasteiger partial charge in [-0.3, -0.25) is 0 Å². The molecule has 3 rings (SSSR count). The van der Waals surface area contributed by atoms with Crippen molar-refractivity contribution in [1.29, 1.82) is 0 Å². The van der Waals surface area contributed by atoms with Crippen molar-refractivity contribution in [1.82, 2.24) is 4.98 Å². The van der Waals surface area contributed by atoms with Gasteiger partial charge in [-0.1, -0.05) is 61.2 Å². The highest BCUT2D eigenvalue weighted by Crippen LogP contribution is 2.38. The topological polar surface area (TPSA) is 12.9 Å². The molecule has 1 aromatic heterocycles. The van der Waals surface area contributed by atoms with Crippen molar-refractivity contribution >= 4 is 11.6 Å². The molecule has 98 valence electrons. The smallest absolute Gasteiger partial charge is 0.129 e. The van der Waals surface area contributed by atoms with E-state index >= 15 is 0 Å². The summed E-state index contributed by atoms with van der Waals surface area (Å²) < 4.78 is 0. The second-order valence-electron chi connectivity index (χ2n) is 5.30. The van der Waals surface area contributed by atoms with Gasteiger partial charge in [0.15, 0.2) is 0 Å². The minimum absolute atomic E-state index is 0.582. The van der Waals surface area contributed by atoms with Gasteiger partial charge in [0.25, 0.3) is 0 Å². The number of rotatable bonds is 2. The molecule has 2 heteroatoms. The van der Waals surface area contributed by atoms with E-state index in [-0.39, 0.29) is 0 Å². The van der Waals surface area contributed by atoms with Gasteiger partial charge < -0.3 is 0 Å². The van der Waals surface area contributed by atoms with E-state index in [1.807, 2.05) is 18.3 Å². The Morgan fingerprint density at radius 1 is 1.00 bits per heavy atom. The van der Waals surface area contributed by atoms with Crippen molar-refractivity contribution in [3.05, 3.63) is 53.3 Å². The van der Waals surface area contributed by atoms with Crippen LogP contribution in [0, 0.1) is 0 Å². The fourth-order valence-corrected chi connectivity index (χ4v) is 3.20. The number of hydrogen-bond acceptors (Lipinski definition) is 1. The van der Waals surface area contributed by atoms with Gasteiger partial charge in [0.2, 0.25) is 0 Å². The molecule has 0 amide bonds. The molecule has 0 atom stereocenters. The van der Waals surface area contributed by atoms with E-state index in [0.29, 0.717) is 11.1 Å². The van der Waals surface area contributed by atoms with Crippen LogP contribution in [0.4, 0.5) is 0 Å². The van der Waals surface area contributed by atoms with Crippen LogP contribution < -0.4 is 0 Å². The maximum Gasteiger partial charge on any atom is 0.129 e. The van der Waals surface area contributed by atoms with Crippen molar-refractivity contribution < 1.29 is 0 Å². The molecule has 19 heavy (non-hydrogen) atoms. The van der Waals surface area contributed by atoms with Crippen LogP contribution >= 0.6 is 11.6 Å². The van der Waals surface area contributed by atoms with Crippen molar-refractivity contribution in [2.75, 3.05) is 0 Å². The zero-order valence-corrected chi connectivity index (χ0v) is 11.7. The summed E-state index contributed by atoms with van der Waals surface area (Å²) in [5.41, 5.74) is 3.87. The van der Waals surface area contributed by atoms with Crippen LogP contribution in [0.2, 0.25) is 5.15 Å². The molecule has 0 saturated heterocycles. The summed E-state index contributed by atoms with van der Waals surface area (Å²) in [6.07, 6.45) is 8.59. The minimum atomic E-state index is 0.582. The van der Waals surface area contributed by atoms with E-state index in [1.54, 1.807) is 0 Å². The molecule has 2 aromatic rings. The molecular weight excluding hydrogens is 254 g/mol. The number of aromatic nitrogens is 1. The van der Waals surface area contributed by atoms with Gasteiger partial charge in [-0.15, -0.1) is 0 Å². The summed E-state index contributed by atoms with van der Waals surface area (Å²) in [6.45, 7) is 0. The van der Waals surface area contributed by atoms with E-state index in [4.69, 9.17) is 11.6 Å². The molecule has 0 aliphatic heterocycles. The predicted octanol–water partition coefficient (Wildman–Crippen LogP) is 5.45. The molecule has 1 fully saturated rings. The maximum atomic E-state index is 6.09. The Kier molecular flexibility index (Phi) is 3.84. The Balaban J connectivity index is 2.04. The zero-order valence-electron chi connectivity index (χ0n) is 11.0. The van der Waals surface area contributed by atoms with Crippen molar-refractivity contribution in [2.45, 2.75) is 38.0 Å². The number of pyridine rings is 1. The lowest BCUT2D eigenvalue weighted by Gasteiger charge is -2.24. The van der Waals surface area contributed by atoms with Gasteiger partial charge in [-0.05, 0) is 41.5 Å². The van der Waals surface area contributed by atoms with Gasteiger partial charge in [0, 0.05) is 6.20 Å². The summed E-state index contributed by atoms with van der Waals surface area (Å²) in [5.74, 6) is 0.647. The van der Waals surface area contributed by atoms with Crippen LogP contribution in [0.15, 0.2) is 42.6 Å². The Morgan fingerprint density at radius 3 is 2.47 bits per heavy atom. The third-order valence-corrected chi connectivity index (χ3v) is 4.24. The summed E-state index contributed by atoms with van der Waals surface area (Å²) in [5, 5.41) is 0.582. The second-order valence-corrected chi connectivity index (χ2v) is 5.68. The summed E-state index contributed by atoms with van der Waals surface area (Å²) in [4.78, 5) is 4.31. The first kappa shape index (κ1) is 12.7. The molecule has 0 bridgehead atoms. The van der Waals surface area contributed by atoms with Gasteiger partial charge in [-0.25, -0.2) is 4.98 Å². The first-order chi connectivity index (χ1) is 9.34. The molecule has 1 aliphatic rings. The lowest BCUT2D eigenvalue weighted by Crippen LogP contribution is -2.06. The highest BCUT2D eigenvalue weighted by atomic mass is 35.5. The molecule has 1 heterocycles. The quantitative estimate of drug-likeness (QED) is 0.662. The van der Waals surface area contributed by atoms with E-state index in [2.05, 4.69) is 29.2 Å². The lowest BCUT2D eigenvalue weighted by molar-refractivity contribution is 0.443. The predicted molar refractivity (Wildman–Crippen MR) is 80.5 cm³/mol. The molecule has 1 nitrogen and oxygen atoms in total. The molecule has 0 unspecified atom stereocenters. The van der Waals surface area contributed by atoms with Crippen LogP contribution in [0.25, 0.3) is 11.1 Å². The van der Waals surface area contributed by atoms with E-state index in [1.165, 1.54) is 48.8 Å². The molecule has 0 spiro atoms. The first-order valence-corrected chi connectivity index (χ1v) is 7.43. The molecule has 0 N–H and O–H groups in total. The van der Waals surface area contributed by atoms with E-state index in [0.717, 1.165) is 0 Å². The zero-order chi connectivity index (χ0) is 13.1. The molecule has 1 saturated carbocycles. The SMILES string of the molecule is Clc1cc(-c2ccccc2)c(C2CCCCC2)cn1. The fourth-order valence-electron chi connectivity index (χ4n) is 3.05. The van der Waals surface area contributed by atoms with Gasteiger partial charge in [-0.2, -0.15) is 0 Å². The molecule has 1 aromatic carbocycles. The summed E-state index contributed by atoms with van der Waals surface area (Å²) >= 11 is 6.09. The monoisotopic (exact) mass is 271 g/mol. The minimum Gasteiger partial charge on any atom is -0.244 e. The summed E-state index contributed by atoms with van der Waals surface area (Å²) in [7, 11) is 0. The third-order valence-electron chi connectivity index (χ3n) is 4.03. The first-order valence-electron chi connectivity index (χ1n) is 7.05. The van der Waals surface area contributed by atoms with E-state index in [9.17, 15) is 0 Å². The Hall–Kier alpha value is -1.34. The third kappa shape index (κ3) is 2.82. The van der Waals surface area contributed by atoms with Crippen LogP contribution in [0.1, 0.15) is 43.6 Å². The molecular formula is C17H18ClN. The fraction of sp³-hybridized carbons (Fsp3) is 0.353. The number of benzene rings is 1. The van der Waals surface area contributed by atoms with Crippen LogP contribution in [-0.4, -0.2) is 4.98 Å².